The third-order valence-corrected chi connectivity index (χ3v) is 7.54. The van der Waals surface area contributed by atoms with Crippen LogP contribution in [0.3, 0.4) is 0 Å². The van der Waals surface area contributed by atoms with Gasteiger partial charge in [0.25, 0.3) is 0 Å². The van der Waals surface area contributed by atoms with E-state index < -0.39 is 34.3 Å². The fraction of sp³-hybridized carbons (Fsp3) is 0.440. The minimum Gasteiger partial charge on any atom is -0.352 e. The summed E-state index contributed by atoms with van der Waals surface area (Å²) in [6.07, 6.45) is 5.24. The molecule has 0 unspecified atom stereocenters. The van der Waals surface area contributed by atoms with Crippen molar-refractivity contribution in [3.8, 4) is 0 Å². The predicted molar refractivity (Wildman–Crippen MR) is 135 cm³/mol. The van der Waals surface area contributed by atoms with Crippen LogP contribution in [0, 0.1) is 5.82 Å². The van der Waals surface area contributed by atoms with Gasteiger partial charge in [-0.3, -0.25) is 13.9 Å². The Morgan fingerprint density at radius 1 is 1.09 bits per heavy atom. The van der Waals surface area contributed by atoms with E-state index in [-0.39, 0.29) is 24.2 Å². The van der Waals surface area contributed by atoms with Gasteiger partial charge >= 0.3 is 0 Å². The molecule has 35 heavy (non-hydrogen) atoms. The highest BCUT2D eigenvalue weighted by molar-refractivity contribution is 7.92. The standard InChI is InChI=1S/C25H31ClFN3O4S/c1-3-23(25(32)28-21-6-4-5-7-21)29(16-18-8-12-20(27)13-9-18)24(31)17-30(35(2,33)34)22-14-10-19(26)11-15-22/h8-15,21,23H,3-7,16-17H2,1-2H3,(H,28,32)/t23-/m1/s1. The summed E-state index contributed by atoms with van der Waals surface area (Å²) in [4.78, 5) is 28.2. The average molecular weight is 524 g/mol. The topological polar surface area (TPSA) is 86.8 Å². The van der Waals surface area contributed by atoms with Gasteiger partial charge in [-0.1, -0.05) is 43.5 Å². The zero-order valence-corrected chi connectivity index (χ0v) is 21.5. The van der Waals surface area contributed by atoms with E-state index in [0.29, 0.717) is 17.0 Å². The number of halogens is 2. The molecule has 2 aromatic rings. The molecular formula is C25H31ClFN3O4S. The molecule has 1 saturated carbocycles. The predicted octanol–water partition coefficient (Wildman–Crippen LogP) is 4.11. The van der Waals surface area contributed by atoms with Crippen molar-refractivity contribution in [3.63, 3.8) is 0 Å². The molecule has 2 amide bonds. The van der Waals surface area contributed by atoms with Crippen LogP contribution >= 0.6 is 11.6 Å². The van der Waals surface area contributed by atoms with Gasteiger partial charge in [-0.05, 0) is 61.2 Å². The van der Waals surface area contributed by atoms with E-state index in [2.05, 4.69) is 5.32 Å². The van der Waals surface area contributed by atoms with E-state index in [4.69, 9.17) is 11.6 Å². The smallest absolute Gasteiger partial charge is 0.244 e. The molecule has 1 aliphatic carbocycles. The number of sulfonamides is 1. The number of carbonyl (C=O) groups excluding carboxylic acids is 2. The van der Waals surface area contributed by atoms with Crippen LogP contribution in [-0.2, 0) is 26.2 Å². The monoisotopic (exact) mass is 523 g/mol. The Labute approximate surface area is 211 Å². The second kappa shape index (κ2) is 11.9. The van der Waals surface area contributed by atoms with Crippen molar-refractivity contribution in [1.29, 1.82) is 0 Å². The van der Waals surface area contributed by atoms with Gasteiger partial charge in [0.05, 0.1) is 11.9 Å². The Bertz CT molecular complexity index is 1120. The lowest BCUT2D eigenvalue weighted by molar-refractivity contribution is -0.140. The summed E-state index contributed by atoms with van der Waals surface area (Å²) in [5, 5.41) is 3.47. The van der Waals surface area contributed by atoms with Gasteiger partial charge in [-0.15, -0.1) is 0 Å². The van der Waals surface area contributed by atoms with Crippen LogP contribution in [0.5, 0.6) is 0 Å². The van der Waals surface area contributed by atoms with Crippen LogP contribution in [0.2, 0.25) is 5.02 Å². The molecular weight excluding hydrogens is 493 g/mol. The summed E-state index contributed by atoms with van der Waals surface area (Å²) >= 11 is 5.94. The molecule has 3 rings (SSSR count). The minimum absolute atomic E-state index is 0.0356. The van der Waals surface area contributed by atoms with Gasteiger partial charge in [-0.2, -0.15) is 0 Å². The Kier molecular flexibility index (Phi) is 9.13. The summed E-state index contributed by atoms with van der Waals surface area (Å²) in [6, 6.07) is 11.0. The normalized spacial score (nSPS) is 15.0. The molecule has 0 saturated heterocycles. The first-order valence-corrected chi connectivity index (χ1v) is 13.9. The first-order chi connectivity index (χ1) is 16.6. The van der Waals surface area contributed by atoms with E-state index in [1.807, 2.05) is 0 Å². The molecule has 1 N–H and O–H groups in total. The molecule has 0 bridgehead atoms. The van der Waals surface area contributed by atoms with Gasteiger partial charge in [-0.25, -0.2) is 12.8 Å². The van der Waals surface area contributed by atoms with Crippen molar-refractivity contribution in [2.24, 2.45) is 0 Å². The Balaban J connectivity index is 1.90. The second-order valence-corrected chi connectivity index (χ2v) is 11.2. The van der Waals surface area contributed by atoms with E-state index in [1.54, 1.807) is 31.2 Å². The molecule has 1 aliphatic rings. The number of amides is 2. The SMILES string of the molecule is CC[C@H](C(=O)NC1CCCC1)N(Cc1ccc(F)cc1)C(=O)CN(c1ccc(Cl)cc1)S(C)(=O)=O. The summed E-state index contributed by atoms with van der Waals surface area (Å²) in [5.41, 5.74) is 0.916. The molecule has 1 atom stereocenters. The zero-order chi connectivity index (χ0) is 25.6. The summed E-state index contributed by atoms with van der Waals surface area (Å²) in [7, 11) is -3.82. The molecule has 190 valence electrons. The maximum absolute atomic E-state index is 13.6. The number of benzene rings is 2. The third-order valence-electron chi connectivity index (χ3n) is 6.15. The van der Waals surface area contributed by atoms with Crippen molar-refractivity contribution in [2.45, 2.75) is 57.7 Å². The number of hydrogen-bond donors (Lipinski definition) is 1. The first-order valence-electron chi connectivity index (χ1n) is 11.7. The molecule has 10 heteroatoms. The fourth-order valence-corrected chi connectivity index (χ4v) is 5.27. The Morgan fingerprint density at radius 3 is 2.23 bits per heavy atom. The van der Waals surface area contributed by atoms with Crippen molar-refractivity contribution in [1.82, 2.24) is 10.2 Å². The van der Waals surface area contributed by atoms with Crippen LogP contribution < -0.4 is 9.62 Å². The Morgan fingerprint density at radius 2 is 1.69 bits per heavy atom. The average Bonchev–Trinajstić information content (AvgIpc) is 3.31. The van der Waals surface area contributed by atoms with Crippen molar-refractivity contribution >= 4 is 39.1 Å². The number of nitrogens with zero attached hydrogens (tertiary/aromatic N) is 2. The van der Waals surface area contributed by atoms with Crippen LogP contribution in [0.4, 0.5) is 10.1 Å². The maximum atomic E-state index is 13.6. The molecule has 1 fully saturated rings. The highest BCUT2D eigenvalue weighted by atomic mass is 35.5. The number of rotatable bonds is 10. The van der Waals surface area contributed by atoms with Crippen LogP contribution in [0.1, 0.15) is 44.6 Å². The maximum Gasteiger partial charge on any atom is 0.244 e. The van der Waals surface area contributed by atoms with Gasteiger partial charge in [0.15, 0.2) is 0 Å². The number of hydrogen-bond acceptors (Lipinski definition) is 4. The molecule has 0 aromatic heterocycles. The summed E-state index contributed by atoms with van der Waals surface area (Å²) in [5.74, 6) is -1.22. The largest absolute Gasteiger partial charge is 0.352 e. The first kappa shape index (κ1) is 26.9. The molecule has 0 spiro atoms. The van der Waals surface area contributed by atoms with E-state index in [9.17, 15) is 22.4 Å². The van der Waals surface area contributed by atoms with Gasteiger partial charge in [0, 0.05) is 17.6 Å². The molecule has 0 aliphatic heterocycles. The van der Waals surface area contributed by atoms with E-state index >= 15 is 0 Å². The molecule has 0 radical (unpaired) electrons. The highest BCUT2D eigenvalue weighted by Crippen LogP contribution is 2.23. The molecule has 7 nitrogen and oxygen atoms in total. The quantitative estimate of drug-likeness (QED) is 0.507. The second-order valence-electron chi connectivity index (χ2n) is 8.81. The highest BCUT2D eigenvalue weighted by Gasteiger charge is 2.33. The Hall–Kier alpha value is -2.65. The lowest BCUT2D eigenvalue weighted by atomic mass is 10.1. The van der Waals surface area contributed by atoms with Crippen molar-refractivity contribution in [3.05, 3.63) is 64.9 Å². The van der Waals surface area contributed by atoms with Gasteiger partial charge in [0.2, 0.25) is 21.8 Å². The lowest BCUT2D eigenvalue weighted by Gasteiger charge is -2.33. The zero-order valence-electron chi connectivity index (χ0n) is 19.9. The number of carbonyl (C=O) groups is 2. The third kappa shape index (κ3) is 7.41. The minimum atomic E-state index is -3.82. The molecule has 2 aromatic carbocycles. The van der Waals surface area contributed by atoms with Gasteiger partial charge < -0.3 is 10.2 Å². The van der Waals surface area contributed by atoms with Crippen LogP contribution in [0.25, 0.3) is 0 Å². The summed E-state index contributed by atoms with van der Waals surface area (Å²) < 4.78 is 39.6. The lowest BCUT2D eigenvalue weighted by Crippen LogP contribution is -2.53. The number of anilines is 1. The van der Waals surface area contributed by atoms with Crippen LogP contribution in [0.15, 0.2) is 48.5 Å². The van der Waals surface area contributed by atoms with Crippen molar-refractivity contribution in [2.75, 3.05) is 17.1 Å². The number of nitrogens with one attached hydrogen (secondary N) is 1. The molecule has 0 heterocycles. The van der Waals surface area contributed by atoms with Gasteiger partial charge in [0.1, 0.15) is 18.4 Å². The fourth-order valence-electron chi connectivity index (χ4n) is 4.29. The van der Waals surface area contributed by atoms with Crippen LogP contribution in [-0.4, -0.2) is 50.0 Å². The van der Waals surface area contributed by atoms with E-state index in [0.717, 1.165) is 36.2 Å². The van der Waals surface area contributed by atoms with Crippen molar-refractivity contribution < 1.29 is 22.4 Å². The summed E-state index contributed by atoms with van der Waals surface area (Å²) in [6.45, 7) is 1.35. The van der Waals surface area contributed by atoms with E-state index in [1.165, 1.54) is 29.2 Å².